The lowest BCUT2D eigenvalue weighted by Crippen LogP contribution is -2.43. The molecule has 0 N–H and O–H groups in total. The van der Waals surface area contributed by atoms with Gasteiger partial charge in [-0.2, -0.15) is 0 Å². The molecule has 0 aromatic rings. The van der Waals surface area contributed by atoms with E-state index < -0.39 is 14.1 Å². The molecular weight excluding hydrogens is 268 g/mol. The van der Waals surface area contributed by atoms with Crippen LogP contribution in [0.5, 0.6) is 0 Å². The van der Waals surface area contributed by atoms with Crippen molar-refractivity contribution in [1.29, 1.82) is 0 Å². The maximum atomic E-state index is 6.29. The van der Waals surface area contributed by atoms with E-state index in [2.05, 4.69) is 53.8 Å². The van der Waals surface area contributed by atoms with Crippen molar-refractivity contribution in [2.45, 2.75) is 84.6 Å². The van der Waals surface area contributed by atoms with Gasteiger partial charge in [-0.1, -0.05) is 32.4 Å². The lowest BCUT2D eigenvalue weighted by molar-refractivity contribution is -0.145. The van der Waals surface area contributed by atoms with Gasteiger partial charge >= 0.3 is 0 Å². The third-order valence-corrected chi connectivity index (χ3v) is 8.63. The average molecular weight is 301 g/mol. The van der Waals surface area contributed by atoms with Crippen LogP contribution in [0.3, 0.4) is 0 Å². The first-order valence-corrected chi connectivity index (χ1v) is 10.4. The van der Waals surface area contributed by atoms with Crippen LogP contribution in [0.2, 0.25) is 18.1 Å². The molecule has 0 aromatic heterocycles. The second kappa shape index (κ2) is 5.91. The van der Waals surface area contributed by atoms with E-state index in [0.717, 1.165) is 0 Å². The molecule has 1 heterocycles. The summed E-state index contributed by atoms with van der Waals surface area (Å²) in [5.74, 6) is -0.530. The molecule has 1 aliphatic heterocycles. The Balaban J connectivity index is 2.73. The summed E-state index contributed by atoms with van der Waals surface area (Å²) in [4.78, 5) is 0. The van der Waals surface area contributed by atoms with Gasteiger partial charge in [0.15, 0.2) is 14.1 Å². The van der Waals surface area contributed by atoms with E-state index in [0.29, 0.717) is 6.61 Å². The maximum absolute atomic E-state index is 6.29. The molecule has 0 aliphatic carbocycles. The van der Waals surface area contributed by atoms with Crippen molar-refractivity contribution in [3.8, 4) is 0 Å². The molecule has 2 atom stereocenters. The number of hydrogen-bond acceptors (Lipinski definition) is 3. The molecule has 0 saturated carbocycles. The van der Waals surface area contributed by atoms with Gasteiger partial charge < -0.3 is 13.9 Å². The summed E-state index contributed by atoms with van der Waals surface area (Å²) in [6.45, 7) is 20.0. The van der Waals surface area contributed by atoms with Crippen molar-refractivity contribution in [3.63, 3.8) is 0 Å². The van der Waals surface area contributed by atoms with Gasteiger partial charge in [-0.05, 0) is 45.8 Å². The SMILES string of the molecule is CC(C)=C[C@@H]1OC(C)(C)O[C@@H]1CO[Si](C)(C)C(C)(C)C. The van der Waals surface area contributed by atoms with Crippen molar-refractivity contribution in [1.82, 2.24) is 0 Å². The standard InChI is InChI=1S/C16H32O3Si/c1-12(2)10-13-14(19-16(6,7)18-13)11-17-20(8,9)15(3,4)5/h10,13-14H,11H2,1-9H3/t13-,14+/m0/s1. The van der Waals surface area contributed by atoms with Gasteiger partial charge in [-0.15, -0.1) is 0 Å². The van der Waals surface area contributed by atoms with Gasteiger partial charge in [0.05, 0.1) is 6.61 Å². The number of rotatable bonds is 4. The van der Waals surface area contributed by atoms with Crippen LogP contribution in [-0.4, -0.2) is 32.9 Å². The summed E-state index contributed by atoms with van der Waals surface area (Å²) >= 11 is 0. The fourth-order valence-electron chi connectivity index (χ4n) is 1.97. The lowest BCUT2D eigenvalue weighted by Gasteiger charge is -2.37. The highest BCUT2D eigenvalue weighted by molar-refractivity contribution is 6.74. The molecule has 0 unspecified atom stereocenters. The monoisotopic (exact) mass is 300 g/mol. The molecule has 1 aliphatic rings. The largest absolute Gasteiger partial charge is 0.414 e. The normalized spacial score (nSPS) is 26.6. The topological polar surface area (TPSA) is 27.7 Å². The molecule has 0 amide bonds. The van der Waals surface area contributed by atoms with Crippen molar-refractivity contribution in [2.24, 2.45) is 0 Å². The Labute approximate surface area is 125 Å². The molecule has 0 spiro atoms. The van der Waals surface area contributed by atoms with E-state index in [1.165, 1.54) is 5.57 Å². The summed E-state index contributed by atoms with van der Waals surface area (Å²) in [5.41, 5.74) is 1.24. The Morgan fingerprint density at radius 3 is 2.20 bits per heavy atom. The molecule has 4 heteroatoms. The van der Waals surface area contributed by atoms with E-state index in [-0.39, 0.29) is 17.2 Å². The van der Waals surface area contributed by atoms with Crippen molar-refractivity contribution < 1.29 is 13.9 Å². The molecular formula is C16H32O3Si. The van der Waals surface area contributed by atoms with Gasteiger partial charge in [0.25, 0.3) is 0 Å². The predicted molar refractivity (Wildman–Crippen MR) is 86.4 cm³/mol. The van der Waals surface area contributed by atoms with Gasteiger partial charge in [0.2, 0.25) is 0 Å². The summed E-state index contributed by atoms with van der Waals surface area (Å²) < 4.78 is 18.2. The fourth-order valence-corrected chi connectivity index (χ4v) is 2.98. The molecule has 20 heavy (non-hydrogen) atoms. The highest BCUT2D eigenvalue weighted by Gasteiger charge is 2.43. The quantitative estimate of drug-likeness (QED) is 0.565. The van der Waals surface area contributed by atoms with Crippen molar-refractivity contribution in [3.05, 3.63) is 11.6 Å². The van der Waals surface area contributed by atoms with E-state index in [4.69, 9.17) is 13.9 Å². The smallest absolute Gasteiger partial charge is 0.192 e. The molecule has 0 aromatic carbocycles. The minimum atomic E-state index is -1.74. The van der Waals surface area contributed by atoms with Gasteiger partial charge in [-0.25, -0.2) is 0 Å². The van der Waals surface area contributed by atoms with Crippen LogP contribution in [0, 0.1) is 0 Å². The van der Waals surface area contributed by atoms with Crippen molar-refractivity contribution in [2.75, 3.05) is 6.61 Å². The summed E-state index contributed by atoms with van der Waals surface area (Å²) in [7, 11) is -1.74. The van der Waals surface area contributed by atoms with Crippen LogP contribution in [0.15, 0.2) is 11.6 Å². The zero-order valence-electron chi connectivity index (χ0n) is 14.7. The zero-order valence-corrected chi connectivity index (χ0v) is 15.7. The first-order chi connectivity index (χ1) is 8.84. The van der Waals surface area contributed by atoms with Crippen LogP contribution >= 0.6 is 0 Å². The first kappa shape index (κ1) is 17.9. The number of allylic oxidation sites excluding steroid dienone is 1. The van der Waals surface area contributed by atoms with E-state index in [1.807, 2.05) is 13.8 Å². The van der Waals surface area contributed by atoms with Crippen LogP contribution < -0.4 is 0 Å². The summed E-state index contributed by atoms with van der Waals surface area (Å²) in [6, 6.07) is 0. The van der Waals surface area contributed by atoms with Crippen LogP contribution in [0.4, 0.5) is 0 Å². The van der Waals surface area contributed by atoms with Crippen LogP contribution in [-0.2, 0) is 13.9 Å². The third-order valence-electron chi connectivity index (χ3n) is 4.13. The highest BCUT2D eigenvalue weighted by atomic mass is 28.4. The number of hydrogen-bond donors (Lipinski definition) is 0. The molecule has 1 saturated heterocycles. The molecule has 0 radical (unpaired) electrons. The molecule has 1 rings (SSSR count). The second-order valence-electron chi connectivity index (χ2n) is 7.95. The lowest BCUT2D eigenvalue weighted by atomic mass is 10.1. The van der Waals surface area contributed by atoms with Crippen molar-refractivity contribution >= 4 is 8.32 Å². The Morgan fingerprint density at radius 1 is 1.20 bits per heavy atom. The van der Waals surface area contributed by atoms with Gasteiger partial charge in [0, 0.05) is 0 Å². The first-order valence-electron chi connectivity index (χ1n) is 7.49. The number of ether oxygens (including phenoxy) is 2. The van der Waals surface area contributed by atoms with Gasteiger partial charge in [0.1, 0.15) is 12.2 Å². The average Bonchev–Trinajstić information content (AvgIpc) is 2.47. The Morgan fingerprint density at radius 2 is 1.75 bits per heavy atom. The highest BCUT2D eigenvalue weighted by Crippen LogP contribution is 2.38. The maximum Gasteiger partial charge on any atom is 0.192 e. The van der Waals surface area contributed by atoms with E-state index >= 15 is 0 Å². The summed E-state index contributed by atoms with van der Waals surface area (Å²) in [5, 5.41) is 0.216. The second-order valence-corrected chi connectivity index (χ2v) is 12.8. The van der Waals surface area contributed by atoms with E-state index in [9.17, 15) is 0 Å². The zero-order chi connectivity index (χ0) is 15.8. The summed E-state index contributed by atoms with van der Waals surface area (Å²) in [6.07, 6.45) is 2.10. The van der Waals surface area contributed by atoms with E-state index in [1.54, 1.807) is 0 Å². The minimum Gasteiger partial charge on any atom is -0.414 e. The third kappa shape index (κ3) is 4.69. The fraction of sp³-hybridized carbons (Fsp3) is 0.875. The Hall–Kier alpha value is -0.163. The molecule has 0 bridgehead atoms. The Bertz CT molecular complexity index is 362. The predicted octanol–water partition coefficient (Wildman–Crippen LogP) is 4.49. The Kier molecular flexibility index (Phi) is 5.29. The van der Waals surface area contributed by atoms with Gasteiger partial charge in [-0.3, -0.25) is 0 Å². The van der Waals surface area contributed by atoms with Crippen LogP contribution in [0.25, 0.3) is 0 Å². The molecule has 3 nitrogen and oxygen atoms in total. The van der Waals surface area contributed by atoms with Crippen LogP contribution in [0.1, 0.15) is 48.5 Å². The molecule has 118 valence electrons. The minimum absolute atomic E-state index is 0.0141. The molecule has 1 fully saturated rings.